The second kappa shape index (κ2) is 8.24. The number of amides is 1. The number of esters is 1. The number of nitrogens with one attached hydrogen (secondary N) is 1. The zero-order valence-corrected chi connectivity index (χ0v) is 17.2. The summed E-state index contributed by atoms with van der Waals surface area (Å²) in [6.07, 6.45) is 7.59. The third kappa shape index (κ3) is 4.27. The second-order valence-electron chi connectivity index (χ2n) is 9.24. The van der Waals surface area contributed by atoms with Crippen molar-refractivity contribution in [2.24, 2.45) is 23.2 Å². The standard InChI is InChI=1S/C22H28N2O6/c1-14(22-9-15-6-16(10-22)8-17(7-15)11-22)23-20(25)12-30-21(26)13-29-19-5-3-2-4-18(19)24(27)28/h2-5,14-17H,6-13H2,1H3,(H,23,25)/t14-,15?,16?,17?,22?/m1/s1. The molecule has 4 aliphatic rings. The van der Waals surface area contributed by atoms with Crippen LogP contribution in [0.15, 0.2) is 24.3 Å². The normalized spacial score (nSPS) is 29.8. The van der Waals surface area contributed by atoms with Crippen molar-refractivity contribution >= 4 is 17.6 Å². The number of nitrogens with zero attached hydrogens (tertiary/aromatic N) is 1. The Morgan fingerprint density at radius 1 is 1.13 bits per heavy atom. The third-order valence-electron chi connectivity index (χ3n) is 7.15. The van der Waals surface area contributed by atoms with Gasteiger partial charge in [0.05, 0.1) is 4.92 Å². The van der Waals surface area contributed by atoms with E-state index in [1.807, 2.05) is 0 Å². The molecule has 1 amide bonds. The number of para-hydroxylation sites is 2. The van der Waals surface area contributed by atoms with Gasteiger partial charge in [0.1, 0.15) is 0 Å². The van der Waals surface area contributed by atoms with Crippen LogP contribution in [0.2, 0.25) is 0 Å². The lowest BCUT2D eigenvalue weighted by atomic mass is 9.48. The van der Waals surface area contributed by atoms with Crippen molar-refractivity contribution in [3.63, 3.8) is 0 Å². The number of benzene rings is 1. The molecule has 0 radical (unpaired) electrons. The molecule has 5 rings (SSSR count). The fraction of sp³-hybridized carbons (Fsp3) is 0.636. The lowest BCUT2D eigenvalue weighted by molar-refractivity contribution is -0.385. The third-order valence-corrected chi connectivity index (χ3v) is 7.15. The van der Waals surface area contributed by atoms with E-state index in [2.05, 4.69) is 12.2 Å². The first-order valence-electron chi connectivity index (χ1n) is 10.7. The Labute approximate surface area is 175 Å². The van der Waals surface area contributed by atoms with E-state index in [9.17, 15) is 19.7 Å². The Morgan fingerprint density at radius 3 is 2.33 bits per heavy atom. The summed E-state index contributed by atoms with van der Waals surface area (Å²) in [6, 6.07) is 5.84. The Bertz CT molecular complexity index is 803. The average molecular weight is 416 g/mol. The molecule has 8 heteroatoms. The fourth-order valence-electron chi connectivity index (χ4n) is 6.20. The van der Waals surface area contributed by atoms with E-state index in [1.165, 1.54) is 56.7 Å². The largest absolute Gasteiger partial charge is 0.475 e. The van der Waals surface area contributed by atoms with Gasteiger partial charge in [-0.25, -0.2) is 4.79 Å². The summed E-state index contributed by atoms with van der Waals surface area (Å²) in [7, 11) is 0. The summed E-state index contributed by atoms with van der Waals surface area (Å²) in [4.78, 5) is 34.6. The second-order valence-corrected chi connectivity index (χ2v) is 9.24. The molecule has 0 spiro atoms. The highest BCUT2D eigenvalue weighted by atomic mass is 16.6. The van der Waals surface area contributed by atoms with Gasteiger partial charge in [0.15, 0.2) is 19.0 Å². The average Bonchev–Trinajstić information content (AvgIpc) is 2.70. The molecule has 0 heterocycles. The molecule has 4 saturated carbocycles. The molecule has 4 fully saturated rings. The Balaban J connectivity index is 1.23. The van der Waals surface area contributed by atoms with Crippen molar-refractivity contribution in [1.29, 1.82) is 0 Å². The van der Waals surface area contributed by atoms with Gasteiger partial charge >= 0.3 is 11.7 Å². The van der Waals surface area contributed by atoms with E-state index in [0.717, 1.165) is 17.8 Å². The molecule has 1 N–H and O–H groups in total. The Hall–Kier alpha value is -2.64. The van der Waals surface area contributed by atoms with Crippen LogP contribution in [-0.4, -0.2) is 36.1 Å². The minimum Gasteiger partial charge on any atom is -0.475 e. The molecule has 0 saturated heterocycles. The van der Waals surface area contributed by atoms with E-state index < -0.39 is 17.5 Å². The maximum absolute atomic E-state index is 12.4. The minimum absolute atomic E-state index is 0.0145. The van der Waals surface area contributed by atoms with Gasteiger partial charge < -0.3 is 14.8 Å². The number of carbonyl (C=O) groups is 2. The summed E-state index contributed by atoms with van der Waals surface area (Å²) in [5.41, 5.74) is -0.0449. The lowest BCUT2D eigenvalue weighted by Gasteiger charge is -2.59. The molecule has 1 aromatic rings. The number of nitro groups is 1. The first-order chi connectivity index (χ1) is 14.3. The van der Waals surface area contributed by atoms with Gasteiger partial charge in [0.2, 0.25) is 0 Å². The predicted octanol–water partition coefficient (Wildman–Crippen LogP) is 3.24. The summed E-state index contributed by atoms with van der Waals surface area (Å²) in [5, 5.41) is 14.0. The highest BCUT2D eigenvalue weighted by molar-refractivity contribution is 5.81. The van der Waals surface area contributed by atoms with E-state index in [-0.39, 0.29) is 35.4 Å². The summed E-state index contributed by atoms with van der Waals surface area (Å²) < 4.78 is 10.2. The molecule has 8 nitrogen and oxygen atoms in total. The molecule has 0 unspecified atom stereocenters. The monoisotopic (exact) mass is 416 g/mol. The van der Waals surface area contributed by atoms with Crippen LogP contribution in [0.4, 0.5) is 5.69 Å². The van der Waals surface area contributed by atoms with Crippen molar-refractivity contribution < 1.29 is 24.0 Å². The molecule has 1 aromatic carbocycles. The van der Waals surface area contributed by atoms with Gasteiger partial charge in [-0.2, -0.15) is 0 Å². The molecule has 4 aliphatic carbocycles. The van der Waals surface area contributed by atoms with Crippen LogP contribution in [0.5, 0.6) is 5.75 Å². The smallest absolute Gasteiger partial charge is 0.344 e. The molecule has 4 bridgehead atoms. The van der Waals surface area contributed by atoms with E-state index in [4.69, 9.17) is 9.47 Å². The van der Waals surface area contributed by atoms with Crippen LogP contribution in [0.1, 0.15) is 45.4 Å². The molecule has 0 aliphatic heterocycles. The highest BCUT2D eigenvalue weighted by Gasteiger charge is 2.53. The number of hydrogen-bond acceptors (Lipinski definition) is 6. The maximum Gasteiger partial charge on any atom is 0.344 e. The fourth-order valence-corrected chi connectivity index (χ4v) is 6.20. The lowest BCUT2D eigenvalue weighted by Crippen LogP contribution is -2.56. The number of ether oxygens (including phenoxy) is 2. The van der Waals surface area contributed by atoms with Crippen molar-refractivity contribution in [3.05, 3.63) is 34.4 Å². The molecule has 30 heavy (non-hydrogen) atoms. The summed E-state index contributed by atoms with van der Waals surface area (Å²) in [5.74, 6) is 1.32. The summed E-state index contributed by atoms with van der Waals surface area (Å²) >= 11 is 0. The van der Waals surface area contributed by atoms with Crippen LogP contribution in [0.3, 0.4) is 0 Å². The van der Waals surface area contributed by atoms with E-state index in [1.54, 1.807) is 6.07 Å². The first kappa shape index (κ1) is 20.6. The van der Waals surface area contributed by atoms with Crippen LogP contribution in [0.25, 0.3) is 0 Å². The van der Waals surface area contributed by atoms with E-state index >= 15 is 0 Å². The predicted molar refractivity (Wildman–Crippen MR) is 108 cm³/mol. The van der Waals surface area contributed by atoms with Gasteiger partial charge in [0, 0.05) is 12.1 Å². The molecule has 1 atom stereocenters. The number of carbonyl (C=O) groups excluding carboxylic acids is 2. The van der Waals surface area contributed by atoms with Gasteiger partial charge in [-0.3, -0.25) is 14.9 Å². The van der Waals surface area contributed by atoms with Crippen molar-refractivity contribution in [3.8, 4) is 5.75 Å². The number of nitro benzene ring substituents is 1. The molecular weight excluding hydrogens is 388 g/mol. The maximum atomic E-state index is 12.4. The van der Waals surface area contributed by atoms with Gasteiger partial charge in [-0.15, -0.1) is 0 Å². The Morgan fingerprint density at radius 2 is 1.73 bits per heavy atom. The minimum atomic E-state index is -0.745. The number of hydrogen-bond donors (Lipinski definition) is 1. The zero-order valence-electron chi connectivity index (χ0n) is 17.2. The highest BCUT2D eigenvalue weighted by Crippen LogP contribution is 2.61. The van der Waals surface area contributed by atoms with Crippen LogP contribution < -0.4 is 10.1 Å². The molecule has 162 valence electrons. The first-order valence-corrected chi connectivity index (χ1v) is 10.7. The van der Waals surface area contributed by atoms with Crippen molar-refractivity contribution in [2.75, 3.05) is 13.2 Å². The topological polar surface area (TPSA) is 108 Å². The zero-order chi connectivity index (χ0) is 21.3. The van der Waals surface area contributed by atoms with E-state index in [0.29, 0.717) is 0 Å². The van der Waals surface area contributed by atoms with Gasteiger partial charge in [0.25, 0.3) is 5.91 Å². The van der Waals surface area contributed by atoms with Crippen molar-refractivity contribution in [2.45, 2.75) is 51.5 Å². The quantitative estimate of drug-likeness (QED) is 0.396. The van der Waals surface area contributed by atoms with Gasteiger partial charge in [-0.05, 0) is 74.7 Å². The number of rotatable bonds is 8. The summed E-state index contributed by atoms with van der Waals surface area (Å²) in [6.45, 7) is 1.20. The van der Waals surface area contributed by atoms with Crippen LogP contribution in [0, 0.1) is 33.3 Å². The Kier molecular flexibility index (Phi) is 5.66. The SMILES string of the molecule is C[C@@H](NC(=O)COC(=O)COc1ccccc1[N+](=O)[O-])C12CC3CC(CC(C3)C1)C2. The van der Waals surface area contributed by atoms with Crippen LogP contribution in [-0.2, 0) is 14.3 Å². The van der Waals surface area contributed by atoms with Gasteiger partial charge in [-0.1, -0.05) is 12.1 Å². The van der Waals surface area contributed by atoms with Crippen LogP contribution >= 0.6 is 0 Å². The molecule has 0 aromatic heterocycles. The van der Waals surface area contributed by atoms with Crippen molar-refractivity contribution in [1.82, 2.24) is 5.32 Å². The molecular formula is C22H28N2O6.